The Kier molecular flexibility index (Phi) is 8.59. The Morgan fingerprint density at radius 1 is 1.20 bits per heavy atom. The van der Waals surface area contributed by atoms with Crippen LogP contribution < -0.4 is 5.73 Å². The van der Waals surface area contributed by atoms with Gasteiger partial charge < -0.3 is 30.2 Å². The van der Waals surface area contributed by atoms with Gasteiger partial charge in [-0.3, -0.25) is 14.2 Å². The molecule has 0 aliphatic carbocycles. The van der Waals surface area contributed by atoms with Crippen LogP contribution in [-0.4, -0.2) is 78.4 Å². The zero-order chi connectivity index (χ0) is 29.2. The molecular formula is C23H22N4O10S3. The first kappa shape index (κ1) is 29.2. The largest absolute Gasteiger partial charge is 0.512 e. The maximum Gasteiger partial charge on any atom is 0.512 e. The molecule has 2 atom stereocenters. The molecule has 40 heavy (non-hydrogen) atoms. The third kappa shape index (κ3) is 6.50. The third-order valence-corrected chi connectivity index (χ3v) is 8.67. The number of β-lactam (4-membered cyclic amide) rings is 1. The second kappa shape index (κ2) is 11.8. The Morgan fingerprint density at radius 3 is 2.52 bits per heavy atom. The molecule has 0 saturated carbocycles. The first-order chi connectivity index (χ1) is 18.8. The van der Waals surface area contributed by atoms with Crippen molar-refractivity contribution in [3.63, 3.8) is 0 Å². The molecule has 0 unspecified atom stereocenters. The number of aromatic hydroxyl groups is 2. The molecule has 1 fully saturated rings. The van der Waals surface area contributed by atoms with Crippen molar-refractivity contribution >= 4 is 45.7 Å². The number of fused-ring (bicyclic) bond motifs is 1. The number of hydrogen-bond donors (Lipinski definition) is 5. The summed E-state index contributed by atoms with van der Waals surface area (Å²) in [4.78, 5) is 24.2. The highest BCUT2D eigenvalue weighted by Gasteiger charge is 2.51. The van der Waals surface area contributed by atoms with Crippen molar-refractivity contribution in [2.75, 3.05) is 11.5 Å². The number of ether oxygens (including phenoxy) is 1. The van der Waals surface area contributed by atoms with E-state index in [1.165, 1.54) is 47.0 Å². The molecule has 0 radical (unpaired) electrons. The highest BCUT2D eigenvalue weighted by Crippen LogP contribution is 2.41. The molecule has 14 nitrogen and oxygen atoms in total. The first-order valence-corrected chi connectivity index (χ1v) is 14.7. The SMILES string of the molecule is Cc1ccc(S(=O)(=O)O)cc1.N[C@@H]1C(=O)N2C(OC(=O)O)=C(CSc3nnc(-c4ccc(O)c(O)c4)o3)CS[C@H]12. The van der Waals surface area contributed by atoms with Crippen LogP contribution in [0.25, 0.3) is 11.5 Å². The number of hydrogen-bond acceptors (Lipinski definition) is 13. The summed E-state index contributed by atoms with van der Waals surface area (Å²) < 4.78 is 39.9. The molecule has 5 rings (SSSR count). The molecule has 0 bridgehead atoms. The summed E-state index contributed by atoms with van der Waals surface area (Å²) in [5.41, 5.74) is 7.71. The summed E-state index contributed by atoms with van der Waals surface area (Å²) in [7, 11) is -4.02. The number of amides is 1. The number of aromatic nitrogens is 2. The van der Waals surface area contributed by atoms with Crippen molar-refractivity contribution < 1.29 is 47.0 Å². The Hall–Kier alpha value is -3.77. The van der Waals surface area contributed by atoms with Gasteiger partial charge in [-0.2, -0.15) is 8.42 Å². The van der Waals surface area contributed by atoms with E-state index in [1.807, 2.05) is 6.92 Å². The molecule has 3 aromatic rings. The zero-order valence-corrected chi connectivity index (χ0v) is 22.9. The van der Waals surface area contributed by atoms with E-state index in [9.17, 15) is 28.2 Å². The minimum atomic E-state index is -4.02. The van der Waals surface area contributed by atoms with E-state index >= 15 is 0 Å². The van der Waals surface area contributed by atoms with Crippen LogP contribution >= 0.6 is 23.5 Å². The lowest BCUT2D eigenvalue weighted by Crippen LogP contribution is -2.68. The van der Waals surface area contributed by atoms with Gasteiger partial charge in [-0.25, -0.2) is 4.79 Å². The van der Waals surface area contributed by atoms with Gasteiger partial charge in [-0.15, -0.1) is 22.0 Å². The minimum Gasteiger partial charge on any atom is -0.504 e. The summed E-state index contributed by atoms with van der Waals surface area (Å²) in [5.74, 6) is -0.178. The first-order valence-electron chi connectivity index (χ1n) is 11.2. The third-order valence-electron chi connectivity index (χ3n) is 5.54. The molecule has 2 aliphatic heterocycles. The van der Waals surface area contributed by atoms with E-state index < -0.39 is 28.2 Å². The summed E-state index contributed by atoms with van der Waals surface area (Å²) >= 11 is 2.57. The van der Waals surface area contributed by atoms with Gasteiger partial charge in [-0.1, -0.05) is 29.5 Å². The molecule has 2 aliphatic rings. The zero-order valence-electron chi connectivity index (χ0n) is 20.5. The topological polar surface area (TPSA) is 227 Å². The molecular weight excluding hydrogens is 588 g/mol. The molecule has 212 valence electrons. The standard InChI is InChI=1S/C16H14N4O7S2.C7H8O3S/c17-10-12(23)20-13(27-16(24)25)7(4-28-14(10)20)5-29-15-19-18-11(26-15)6-1-2-8(21)9(22)3-6;1-6-2-4-7(5-3-6)11(8,9)10/h1-3,10,14,21-22H,4-5,17H2,(H,24,25);2-5H,1H3,(H,8,9,10)/t10-,14-;/m1./s1. The van der Waals surface area contributed by atoms with Crippen molar-refractivity contribution in [2.24, 2.45) is 5.73 Å². The molecule has 1 saturated heterocycles. The van der Waals surface area contributed by atoms with E-state index in [1.54, 1.807) is 12.1 Å². The smallest absolute Gasteiger partial charge is 0.504 e. The molecule has 1 amide bonds. The van der Waals surface area contributed by atoms with E-state index in [4.69, 9.17) is 24.5 Å². The Labute approximate surface area is 235 Å². The van der Waals surface area contributed by atoms with Gasteiger partial charge in [0.05, 0.1) is 4.90 Å². The number of thioether (sulfide) groups is 2. The normalized spacial score (nSPS) is 18.4. The predicted molar refractivity (Wildman–Crippen MR) is 142 cm³/mol. The molecule has 0 spiro atoms. The average molecular weight is 611 g/mol. The number of carboxylic acid groups (broad SMARTS) is 1. The summed E-state index contributed by atoms with van der Waals surface area (Å²) in [6.45, 7) is 1.84. The second-order valence-electron chi connectivity index (χ2n) is 8.37. The van der Waals surface area contributed by atoms with Crippen LogP contribution in [0.4, 0.5) is 4.79 Å². The lowest BCUT2D eigenvalue weighted by atomic mass is 10.1. The van der Waals surface area contributed by atoms with Crippen LogP contribution in [-0.2, 0) is 19.6 Å². The highest BCUT2D eigenvalue weighted by molar-refractivity contribution is 8.01. The number of carbonyl (C=O) groups excluding carboxylic acids is 1. The molecule has 3 heterocycles. The Morgan fingerprint density at radius 2 is 1.90 bits per heavy atom. The monoisotopic (exact) mass is 610 g/mol. The van der Waals surface area contributed by atoms with Crippen molar-refractivity contribution in [3.05, 3.63) is 59.5 Å². The molecule has 2 aromatic carbocycles. The fraction of sp³-hybridized carbons (Fsp3) is 0.217. The summed E-state index contributed by atoms with van der Waals surface area (Å²) in [5, 5.41) is 35.6. The van der Waals surface area contributed by atoms with Crippen LogP contribution in [0.15, 0.2) is 68.5 Å². The van der Waals surface area contributed by atoms with Gasteiger partial charge >= 0.3 is 6.16 Å². The van der Waals surface area contributed by atoms with Gasteiger partial charge in [0.25, 0.3) is 15.3 Å². The quantitative estimate of drug-likeness (QED) is 0.0888. The minimum absolute atomic E-state index is 0.0244. The molecule has 6 N–H and O–H groups in total. The highest BCUT2D eigenvalue weighted by atomic mass is 32.2. The molecule has 17 heteroatoms. The van der Waals surface area contributed by atoms with Gasteiger partial charge in [-0.05, 0) is 37.3 Å². The number of phenols is 2. The number of benzene rings is 2. The van der Waals surface area contributed by atoms with Crippen molar-refractivity contribution in [1.82, 2.24) is 15.1 Å². The maximum atomic E-state index is 12.0. The van der Waals surface area contributed by atoms with Gasteiger partial charge in [0, 0.05) is 22.6 Å². The van der Waals surface area contributed by atoms with Gasteiger partial charge in [0.2, 0.25) is 17.7 Å². The lowest BCUT2D eigenvalue weighted by molar-refractivity contribution is -0.144. The van der Waals surface area contributed by atoms with E-state index in [2.05, 4.69) is 10.2 Å². The second-order valence-corrected chi connectivity index (χ2v) is 11.8. The number of nitrogens with zero attached hydrogens (tertiary/aromatic N) is 3. The summed E-state index contributed by atoms with van der Waals surface area (Å²) in [6.07, 6.45) is -1.52. The maximum absolute atomic E-state index is 12.0. The fourth-order valence-electron chi connectivity index (χ4n) is 3.51. The number of carbonyl (C=O) groups is 2. The van der Waals surface area contributed by atoms with E-state index in [-0.39, 0.29) is 44.5 Å². The predicted octanol–water partition coefficient (Wildman–Crippen LogP) is 2.63. The van der Waals surface area contributed by atoms with Crippen molar-refractivity contribution in [1.29, 1.82) is 0 Å². The Bertz CT molecular complexity index is 1570. The average Bonchev–Trinajstić information content (AvgIpc) is 3.37. The number of rotatable bonds is 6. The van der Waals surface area contributed by atoms with Crippen LogP contribution in [0.2, 0.25) is 0 Å². The van der Waals surface area contributed by atoms with Crippen LogP contribution in [0.1, 0.15) is 5.56 Å². The summed E-state index contributed by atoms with van der Waals surface area (Å²) in [6, 6.07) is 9.40. The molecule has 1 aromatic heterocycles. The van der Waals surface area contributed by atoms with E-state index in [0.29, 0.717) is 16.9 Å². The fourth-order valence-corrected chi connectivity index (χ4v) is 6.14. The number of nitrogens with two attached hydrogens (primary N) is 1. The lowest BCUT2D eigenvalue weighted by Gasteiger charge is -2.47. The van der Waals surface area contributed by atoms with Crippen LogP contribution in [0, 0.1) is 6.92 Å². The van der Waals surface area contributed by atoms with E-state index in [0.717, 1.165) is 17.3 Å². The number of aryl methyl sites for hydroxylation is 1. The number of phenolic OH excluding ortho intramolecular Hbond substituents is 2. The van der Waals surface area contributed by atoms with Gasteiger partial charge in [0.1, 0.15) is 11.4 Å². The van der Waals surface area contributed by atoms with Crippen LogP contribution in [0.5, 0.6) is 11.5 Å². The van der Waals surface area contributed by atoms with Crippen molar-refractivity contribution in [3.8, 4) is 23.0 Å². The van der Waals surface area contributed by atoms with Crippen LogP contribution in [0.3, 0.4) is 0 Å². The van der Waals surface area contributed by atoms with Gasteiger partial charge in [0.15, 0.2) is 11.5 Å². The van der Waals surface area contributed by atoms with Crippen molar-refractivity contribution in [2.45, 2.75) is 28.5 Å². The Balaban J connectivity index is 0.000000283.